The molecule has 4 atom stereocenters. The number of nitrogens with one attached hydrogen (secondary N) is 1. The van der Waals surface area contributed by atoms with Crippen molar-refractivity contribution in [2.24, 2.45) is 5.92 Å². The van der Waals surface area contributed by atoms with E-state index >= 15 is 0 Å². The van der Waals surface area contributed by atoms with Crippen molar-refractivity contribution in [2.75, 3.05) is 19.6 Å². The third-order valence-corrected chi connectivity index (χ3v) is 5.27. The summed E-state index contributed by atoms with van der Waals surface area (Å²) in [6.45, 7) is 12.2. The third kappa shape index (κ3) is 3.78. The first-order chi connectivity index (χ1) is 10.1. The molecule has 4 heteroatoms. The van der Waals surface area contributed by atoms with Crippen molar-refractivity contribution in [3.8, 4) is 0 Å². The Kier molecular flexibility index (Phi) is 6.06. The molecule has 2 fully saturated rings. The largest absolute Gasteiger partial charge is 0.322 e. The topological polar surface area (TPSA) is 35.6 Å². The normalized spacial score (nSPS) is 30.7. The predicted molar refractivity (Wildman–Crippen MR) is 87.1 cm³/mol. The van der Waals surface area contributed by atoms with E-state index in [0.29, 0.717) is 17.9 Å². The van der Waals surface area contributed by atoms with Gasteiger partial charge in [0.2, 0.25) is 5.91 Å². The molecule has 122 valence electrons. The number of amides is 1. The summed E-state index contributed by atoms with van der Waals surface area (Å²) < 4.78 is 0. The maximum Gasteiger partial charge on any atom is 0.241 e. The minimum atomic E-state index is 0.0174. The summed E-state index contributed by atoms with van der Waals surface area (Å²) in [7, 11) is 0. The number of piperidine rings is 1. The maximum absolute atomic E-state index is 12.8. The minimum Gasteiger partial charge on any atom is -0.322 e. The number of nitrogens with zero attached hydrogens (tertiary/aromatic N) is 2. The molecule has 2 saturated heterocycles. The minimum absolute atomic E-state index is 0.0174. The van der Waals surface area contributed by atoms with E-state index in [9.17, 15) is 4.79 Å². The summed E-state index contributed by atoms with van der Waals surface area (Å²) >= 11 is 0. The number of hydrogen-bond donors (Lipinski definition) is 1. The van der Waals surface area contributed by atoms with E-state index in [4.69, 9.17) is 0 Å². The Morgan fingerprint density at radius 3 is 2.43 bits per heavy atom. The Morgan fingerprint density at radius 2 is 1.86 bits per heavy atom. The highest BCUT2D eigenvalue weighted by atomic mass is 16.2. The second-order valence-electron chi connectivity index (χ2n) is 6.91. The molecular formula is C17H33N3O. The number of likely N-dealkylation sites (tertiary alicyclic amines) is 1. The number of carbonyl (C=O) groups excluding carboxylic acids is 1. The van der Waals surface area contributed by atoms with E-state index in [1.54, 1.807) is 0 Å². The van der Waals surface area contributed by atoms with Crippen LogP contribution in [-0.2, 0) is 4.79 Å². The van der Waals surface area contributed by atoms with Crippen LogP contribution in [-0.4, -0.2) is 53.6 Å². The van der Waals surface area contributed by atoms with Crippen molar-refractivity contribution < 1.29 is 4.79 Å². The van der Waals surface area contributed by atoms with E-state index in [1.165, 1.54) is 32.4 Å². The van der Waals surface area contributed by atoms with E-state index in [0.717, 1.165) is 19.4 Å². The standard InChI is InChI=1S/C17H33N3O/c1-5-13(3)16-17(21)20(15(6-2)18-16)14(4)12-19-10-8-7-9-11-19/h13-16,18H,5-12H2,1-4H3. The highest BCUT2D eigenvalue weighted by molar-refractivity contribution is 5.85. The molecule has 2 rings (SSSR count). The van der Waals surface area contributed by atoms with Gasteiger partial charge in [-0.15, -0.1) is 0 Å². The molecule has 0 saturated carbocycles. The summed E-state index contributed by atoms with van der Waals surface area (Å²) in [6.07, 6.45) is 6.24. The average Bonchev–Trinajstić information content (AvgIpc) is 2.84. The molecule has 4 nitrogen and oxygen atoms in total. The maximum atomic E-state index is 12.8. The van der Waals surface area contributed by atoms with Gasteiger partial charge >= 0.3 is 0 Å². The van der Waals surface area contributed by atoms with Gasteiger partial charge in [-0.25, -0.2) is 0 Å². The Labute approximate surface area is 130 Å². The Bertz CT molecular complexity index is 341. The molecule has 0 aliphatic carbocycles. The van der Waals surface area contributed by atoms with Crippen molar-refractivity contribution in [3.05, 3.63) is 0 Å². The molecule has 0 aromatic rings. The van der Waals surface area contributed by atoms with Crippen LogP contribution in [0.15, 0.2) is 0 Å². The lowest BCUT2D eigenvalue weighted by molar-refractivity contribution is -0.133. The lowest BCUT2D eigenvalue weighted by Crippen LogP contribution is -2.49. The van der Waals surface area contributed by atoms with Crippen LogP contribution in [0.25, 0.3) is 0 Å². The van der Waals surface area contributed by atoms with Crippen LogP contribution in [0.1, 0.15) is 59.8 Å². The van der Waals surface area contributed by atoms with Gasteiger partial charge in [0.15, 0.2) is 0 Å². The molecule has 21 heavy (non-hydrogen) atoms. The first-order valence-electron chi connectivity index (χ1n) is 8.89. The van der Waals surface area contributed by atoms with Crippen molar-refractivity contribution in [2.45, 2.75) is 78.0 Å². The Hall–Kier alpha value is -0.610. The zero-order valence-electron chi connectivity index (χ0n) is 14.3. The Morgan fingerprint density at radius 1 is 1.19 bits per heavy atom. The smallest absolute Gasteiger partial charge is 0.241 e. The summed E-state index contributed by atoms with van der Waals surface area (Å²) in [5, 5.41) is 3.57. The van der Waals surface area contributed by atoms with E-state index in [1.807, 2.05) is 0 Å². The molecule has 2 aliphatic rings. The summed E-state index contributed by atoms with van der Waals surface area (Å²) in [6, 6.07) is 0.325. The molecule has 1 amide bonds. The van der Waals surface area contributed by atoms with Crippen LogP contribution in [0, 0.1) is 5.92 Å². The van der Waals surface area contributed by atoms with Crippen molar-refractivity contribution in [1.82, 2.24) is 15.1 Å². The zero-order chi connectivity index (χ0) is 15.4. The van der Waals surface area contributed by atoms with Gasteiger partial charge in [-0.1, -0.05) is 33.6 Å². The van der Waals surface area contributed by atoms with Gasteiger partial charge in [0.25, 0.3) is 0 Å². The summed E-state index contributed by atoms with van der Waals surface area (Å²) in [4.78, 5) is 17.5. The first-order valence-corrected chi connectivity index (χ1v) is 8.89. The second-order valence-corrected chi connectivity index (χ2v) is 6.91. The van der Waals surface area contributed by atoms with Crippen LogP contribution in [0.3, 0.4) is 0 Å². The first kappa shape index (κ1) is 16.8. The van der Waals surface area contributed by atoms with E-state index in [2.05, 4.69) is 42.8 Å². The molecule has 2 aliphatic heterocycles. The number of rotatable bonds is 6. The fourth-order valence-electron chi connectivity index (χ4n) is 3.76. The lowest BCUT2D eigenvalue weighted by Gasteiger charge is -2.35. The fraction of sp³-hybridized carbons (Fsp3) is 0.941. The molecule has 0 aromatic heterocycles. The molecule has 0 aromatic carbocycles. The molecule has 0 radical (unpaired) electrons. The average molecular weight is 295 g/mol. The van der Waals surface area contributed by atoms with Crippen LogP contribution in [0.2, 0.25) is 0 Å². The third-order valence-electron chi connectivity index (χ3n) is 5.27. The van der Waals surface area contributed by atoms with Gasteiger partial charge in [-0.05, 0) is 45.2 Å². The molecule has 4 unspecified atom stereocenters. The van der Waals surface area contributed by atoms with Gasteiger partial charge in [0.05, 0.1) is 12.2 Å². The van der Waals surface area contributed by atoms with Crippen molar-refractivity contribution in [3.63, 3.8) is 0 Å². The predicted octanol–water partition coefficient (Wildman–Crippen LogP) is 2.44. The van der Waals surface area contributed by atoms with Gasteiger partial charge in [0.1, 0.15) is 0 Å². The molecule has 2 heterocycles. The van der Waals surface area contributed by atoms with Crippen LogP contribution < -0.4 is 5.32 Å². The number of carbonyl (C=O) groups is 1. The van der Waals surface area contributed by atoms with E-state index < -0.39 is 0 Å². The van der Waals surface area contributed by atoms with Gasteiger partial charge in [-0.3, -0.25) is 10.1 Å². The highest BCUT2D eigenvalue weighted by Gasteiger charge is 2.42. The van der Waals surface area contributed by atoms with Crippen molar-refractivity contribution >= 4 is 5.91 Å². The van der Waals surface area contributed by atoms with Gasteiger partial charge < -0.3 is 9.80 Å². The monoisotopic (exact) mass is 295 g/mol. The lowest BCUT2D eigenvalue weighted by atomic mass is 9.99. The molecule has 0 bridgehead atoms. The fourth-order valence-corrected chi connectivity index (χ4v) is 3.76. The SMILES string of the molecule is CCC(C)C1NC(CC)N(C(C)CN2CCCCC2)C1=O. The van der Waals surface area contributed by atoms with Crippen molar-refractivity contribution in [1.29, 1.82) is 0 Å². The summed E-state index contributed by atoms with van der Waals surface area (Å²) in [5.74, 6) is 0.736. The summed E-state index contributed by atoms with van der Waals surface area (Å²) in [5.41, 5.74) is 0. The Balaban J connectivity index is 1.99. The molecule has 1 N–H and O–H groups in total. The molecule has 0 spiro atoms. The van der Waals surface area contributed by atoms with E-state index in [-0.39, 0.29) is 12.2 Å². The zero-order valence-corrected chi connectivity index (χ0v) is 14.3. The van der Waals surface area contributed by atoms with Gasteiger partial charge in [-0.2, -0.15) is 0 Å². The van der Waals surface area contributed by atoms with Crippen LogP contribution in [0.5, 0.6) is 0 Å². The molecular weight excluding hydrogens is 262 g/mol. The van der Waals surface area contributed by atoms with Crippen LogP contribution >= 0.6 is 0 Å². The quantitative estimate of drug-likeness (QED) is 0.817. The number of hydrogen-bond acceptors (Lipinski definition) is 3. The second kappa shape index (κ2) is 7.59. The van der Waals surface area contributed by atoms with Crippen LogP contribution in [0.4, 0.5) is 0 Å². The van der Waals surface area contributed by atoms with Gasteiger partial charge in [0, 0.05) is 12.6 Å². The highest BCUT2D eigenvalue weighted by Crippen LogP contribution is 2.24.